The third-order valence-electron chi connectivity index (χ3n) is 3.31. The van der Waals surface area contributed by atoms with Gasteiger partial charge < -0.3 is 34.5 Å². The molecule has 142 valence electrons. The molecule has 0 saturated carbocycles. The van der Waals surface area contributed by atoms with Crippen LogP contribution in [0.1, 0.15) is 25.7 Å². The van der Waals surface area contributed by atoms with Gasteiger partial charge in [-0.2, -0.15) is 0 Å². The quantitative estimate of drug-likeness (QED) is 0.277. The molecular weight excluding hydrogens is 330 g/mol. The van der Waals surface area contributed by atoms with Crippen molar-refractivity contribution in [2.75, 3.05) is 54.6 Å². The van der Waals surface area contributed by atoms with E-state index in [2.05, 4.69) is 5.32 Å². The van der Waals surface area contributed by atoms with Gasteiger partial charge in [0, 0.05) is 41.5 Å². The minimum absolute atomic E-state index is 0.716. The van der Waals surface area contributed by atoms with Gasteiger partial charge in [-0.3, -0.25) is 0 Å². The first-order valence-electron chi connectivity index (χ1n) is 8.42. The zero-order valence-electron chi connectivity index (χ0n) is 15.5. The van der Waals surface area contributed by atoms with Crippen molar-refractivity contribution in [2.45, 2.75) is 37.8 Å². The zero-order chi connectivity index (χ0) is 17.8. The van der Waals surface area contributed by atoms with E-state index in [0.717, 1.165) is 44.6 Å². The lowest BCUT2D eigenvalue weighted by atomic mass is 10.3. The fourth-order valence-electron chi connectivity index (χ4n) is 1.91. The van der Waals surface area contributed by atoms with Crippen LogP contribution in [0.5, 0.6) is 0 Å². The Hall–Kier alpha value is 0.154. The molecule has 0 aliphatic heterocycles. The molecule has 0 amide bonds. The second-order valence-electron chi connectivity index (χ2n) is 5.12. The van der Waals surface area contributed by atoms with E-state index < -0.39 is 18.6 Å². The molecule has 0 atom stereocenters. The Kier molecular flexibility index (Phi) is 24.5. The number of nitrogens with one attached hydrogen (secondary N) is 1. The molecule has 5 N–H and O–H groups in total. The van der Waals surface area contributed by atoms with Crippen molar-refractivity contribution in [1.29, 1.82) is 0 Å². The fourth-order valence-corrected chi connectivity index (χ4v) is 4.48. The molecule has 0 saturated heterocycles. The third kappa shape index (κ3) is 20.1. The summed E-state index contributed by atoms with van der Waals surface area (Å²) in [6, 6.07) is 2.17. The van der Waals surface area contributed by atoms with E-state index >= 15 is 0 Å². The van der Waals surface area contributed by atoms with E-state index in [9.17, 15) is 0 Å². The average molecular weight is 370 g/mol. The van der Waals surface area contributed by atoms with Gasteiger partial charge in [0.05, 0.1) is 0 Å². The van der Waals surface area contributed by atoms with Crippen LogP contribution in [0, 0.1) is 0 Å². The topological polar surface area (TPSA) is 101 Å². The first-order chi connectivity index (χ1) is 11.2. The highest BCUT2D eigenvalue weighted by atomic mass is 28.3. The van der Waals surface area contributed by atoms with Gasteiger partial charge in [0.15, 0.2) is 0 Å². The minimum Gasteiger partial charge on any atom is -0.400 e. The van der Waals surface area contributed by atoms with Gasteiger partial charge in [0.1, 0.15) is 0 Å². The molecule has 0 fully saturated rings. The Morgan fingerprint density at radius 2 is 1.13 bits per heavy atom. The van der Waals surface area contributed by atoms with E-state index in [-0.39, 0.29) is 0 Å². The molecular formula is C14H39N3O4Si2. The van der Waals surface area contributed by atoms with E-state index in [1.807, 2.05) is 0 Å². The van der Waals surface area contributed by atoms with Crippen LogP contribution in [0.25, 0.3) is 0 Å². The molecule has 0 bridgehead atoms. The third-order valence-corrected chi connectivity index (χ3v) is 7.17. The SMILES string of the molecule is CO[SiH](CCCCN)OC.CO[SiH](CCCCNCCN)OC. The Morgan fingerprint density at radius 3 is 1.52 bits per heavy atom. The van der Waals surface area contributed by atoms with Crippen LogP contribution in [0.15, 0.2) is 0 Å². The molecule has 0 heterocycles. The number of rotatable bonds is 15. The molecule has 0 aromatic rings. The Morgan fingerprint density at radius 1 is 0.652 bits per heavy atom. The summed E-state index contributed by atoms with van der Waals surface area (Å²) in [6.45, 7) is 3.45. The molecule has 0 unspecified atom stereocenters. The van der Waals surface area contributed by atoms with Crippen LogP contribution < -0.4 is 16.8 Å². The Bertz CT molecular complexity index is 212. The maximum absolute atomic E-state index is 5.34. The van der Waals surface area contributed by atoms with Gasteiger partial charge in [-0.1, -0.05) is 12.8 Å². The predicted molar refractivity (Wildman–Crippen MR) is 101 cm³/mol. The van der Waals surface area contributed by atoms with Crippen molar-refractivity contribution in [3.63, 3.8) is 0 Å². The zero-order valence-corrected chi connectivity index (χ0v) is 17.8. The van der Waals surface area contributed by atoms with E-state index in [1.54, 1.807) is 28.4 Å². The van der Waals surface area contributed by atoms with Crippen LogP contribution in [0.2, 0.25) is 12.1 Å². The van der Waals surface area contributed by atoms with Crippen molar-refractivity contribution < 1.29 is 17.7 Å². The van der Waals surface area contributed by atoms with Crippen molar-refractivity contribution in [1.82, 2.24) is 5.32 Å². The van der Waals surface area contributed by atoms with Gasteiger partial charge >= 0.3 is 18.6 Å². The summed E-state index contributed by atoms with van der Waals surface area (Å²) in [5.74, 6) is 0. The van der Waals surface area contributed by atoms with Crippen molar-refractivity contribution >= 4 is 18.6 Å². The Balaban J connectivity index is 0. The molecule has 0 aromatic heterocycles. The van der Waals surface area contributed by atoms with E-state index in [4.69, 9.17) is 29.2 Å². The molecule has 9 heteroatoms. The van der Waals surface area contributed by atoms with Gasteiger partial charge in [0.25, 0.3) is 0 Å². The second kappa shape index (κ2) is 22.2. The van der Waals surface area contributed by atoms with Crippen molar-refractivity contribution in [3.05, 3.63) is 0 Å². The number of nitrogens with two attached hydrogens (primary N) is 2. The highest BCUT2D eigenvalue weighted by Crippen LogP contribution is 2.02. The van der Waals surface area contributed by atoms with Crippen LogP contribution in [0.3, 0.4) is 0 Å². The lowest BCUT2D eigenvalue weighted by molar-refractivity contribution is 0.276. The highest BCUT2D eigenvalue weighted by Gasteiger charge is 2.08. The summed E-state index contributed by atoms with van der Waals surface area (Å²) in [5, 5.41) is 3.25. The van der Waals surface area contributed by atoms with Crippen LogP contribution in [0.4, 0.5) is 0 Å². The average Bonchev–Trinajstić information content (AvgIpc) is 2.59. The summed E-state index contributed by atoms with van der Waals surface area (Å²) in [5.41, 5.74) is 10.7. The molecule has 0 rings (SSSR count). The van der Waals surface area contributed by atoms with Gasteiger partial charge in [-0.25, -0.2) is 0 Å². The smallest absolute Gasteiger partial charge is 0.320 e. The maximum Gasteiger partial charge on any atom is 0.320 e. The second-order valence-corrected chi connectivity index (χ2v) is 9.88. The summed E-state index contributed by atoms with van der Waals surface area (Å²) in [6.07, 6.45) is 4.57. The van der Waals surface area contributed by atoms with Crippen LogP contribution in [-0.4, -0.2) is 73.2 Å². The first-order valence-corrected chi connectivity index (χ1v) is 11.9. The van der Waals surface area contributed by atoms with Crippen LogP contribution in [-0.2, 0) is 17.7 Å². The maximum atomic E-state index is 5.34. The number of unbranched alkanes of at least 4 members (excludes halogenated alkanes) is 2. The van der Waals surface area contributed by atoms with Gasteiger partial charge in [-0.05, 0) is 38.0 Å². The lowest BCUT2D eigenvalue weighted by Crippen LogP contribution is -2.24. The number of hydrogen-bond donors (Lipinski definition) is 3. The molecule has 0 radical (unpaired) electrons. The molecule has 0 spiro atoms. The summed E-state index contributed by atoms with van der Waals surface area (Å²) in [4.78, 5) is 0. The fraction of sp³-hybridized carbons (Fsp3) is 1.00. The standard InChI is InChI=1S/C8H22N2O2Si.C6H17NO2Si/c1-11-13(12-2)8-4-3-6-10-7-5-9;1-8-10(9-2)6-4-3-5-7/h10,13H,3-9H2,1-2H3;10H,3-7H2,1-2H3. The molecule has 0 aliphatic carbocycles. The molecule has 0 aromatic carbocycles. The largest absolute Gasteiger partial charge is 0.400 e. The molecule has 0 aliphatic rings. The monoisotopic (exact) mass is 369 g/mol. The molecule has 23 heavy (non-hydrogen) atoms. The van der Waals surface area contributed by atoms with Gasteiger partial charge in [0.2, 0.25) is 0 Å². The normalized spacial score (nSPS) is 11.0. The minimum atomic E-state index is -1.30. The summed E-state index contributed by atoms with van der Waals surface area (Å²) >= 11 is 0. The summed E-state index contributed by atoms with van der Waals surface area (Å²) in [7, 11) is 4.30. The Labute approximate surface area is 146 Å². The van der Waals surface area contributed by atoms with Gasteiger partial charge in [-0.15, -0.1) is 0 Å². The molecule has 7 nitrogen and oxygen atoms in total. The summed E-state index contributed by atoms with van der Waals surface area (Å²) < 4.78 is 20.7. The van der Waals surface area contributed by atoms with E-state index in [1.165, 1.54) is 12.8 Å². The highest BCUT2D eigenvalue weighted by molar-refractivity contribution is 6.44. The van der Waals surface area contributed by atoms with E-state index in [0.29, 0.717) is 6.54 Å². The number of hydrogen-bond acceptors (Lipinski definition) is 7. The first kappa shape index (κ1) is 25.4. The van der Waals surface area contributed by atoms with Crippen LogP contribution >= 0.6 is 0 Å². The van der Waals surface area contributed by atoms with Crippen molar-refractivity contribution in [3.8, 4) is 0 Å². The van der Waals surface area contributed by atoms with Crippen molar-refractivity contribution in [2.24, 2.45) is 11.5 Å². The predicted octanol–water partition coefficient (Wildman–Crippen LogP) is 0.0668. The lowest BCUT2D eigenvalue weighted by Gasteiger charge is -2.10.